The maximum atomic E-state index is 13.3. The lowest BCUT2D eigenvalue weighted by molar-refractivity contribution is 0.0647. The van der Waals surface area contributed by atoms with E-state index in [1.54, 1.807) is 6.92 Å². The first-order chi connectivity index (χ1) is 6.56. The monoisotopic (exact) mass is 201 g/mol. The van der Waals surface area contributed by atoms with Gasteiger partial charge in [0, 0.05) is 5.56 Å². The summed E-state index contributed by atoms with van der Waals surface area (Å²) in [7, 11) is 1.43. The predicted molar refractivity (Wildman–Crippen MR) is 49.7 cm³/mol. The van der Waals surface area contributed by atoms with Crippen LogP contribution in [0.3, 0.4) is 0 Å². The summed E-state index contributed by atoms with van der Waals surface area (Å²) in [6.07, 6.45) is 0. The van der Waals surface area contributed by atoms with Crippen molar-refractivity contribution in [3.8, 4) is 0 Å². The maximum Gasteiger partial charge on any atom is 0.128 e. The minimum absolute atomic E-state index is 0.259. The average Bonchev–Trinajstić information content (AvgIpc) is 2.11. The van der Waals surface area contributed by atoms with Crippen molar-refractivity contribution in [2.45, 2.75) is 19.9 Å². The van der Waals surface area contributed by atoms with E-state index in [4.69, 9.17) is 0 Å². The molecular formula is C10H13F2NO. The summed E-state index contributed by atoms with van der Waals surface area (Å²) in [6.45, 7) is 3.22. The molecule has 78 valence electrons. The lowest BCUT2D eigenvalue weighted by atomic mass is 10.1. The molecule has 1 aromatic rings. The summed E-state index contributed by atoms with van der Waals surface area (Å²) in [5.41, 5.74) is 3.10. The van der Waals surface area contributed by atoms with Crippen LogP contribution in [-0.2, 0) is 4.84 Å². The average molecular weight is 201 g/mol. The smallest absolute Gasteiger partial charge is 0.128 e. The van der Waals surface area contributed by atoms with E-state index in [1.807, 2.05) is 0 Å². The first kappa shape index (κ1) is 11.1. The zero-order chi connectivity index (χ0) is 10.7. The zero-order valence-corrected chi connectivity index (χ0v) is 8.40. The zero-order valence-electron chi connectivity index (χ0n) is 8.40. The Morgan fingerprint density at radius 3 is 2.50 bits per heavy atom. The highest BCUT2D eigenvalue weighted by molar-refractivity contribution is 5.27. The minimum atomic E-state index is -0.430. The third kappa shape index (κ3) is 2.27. The van der Waals surface area contributed by atoms with Gasteiger partial charge in [0.05, 0.1) is 13.2 Å². The second kappa shape index (κ2) is 4.48. The number of benzene rings is 1. The van der Waals surface area contributed by atoms with Crippen molar-refractivity contribution in [1.29, 1.82) is 0 Å². The van der Waals surface area contributed by atoms with Gasteiger partial charge < -0.3 is 4.84 Å². The molecule has 0 aromatic heterocycles. The molecule has 0 radical (unpaired) electrons. The molecule has 0 fully saturated rings. The lowest BCUT2D eigenvalue weighted by Crippen LogP contribution is -2.18. The molecule has 0 saturated carbocycles. The van der Waals surface area contributed by atoms with Crippen molar-refractivity contribution in [3.05, 3.63) is 34.9 Å². The summed E-state index contributed by atoms with van der Waals surface area (Å²) < 4.78 is 26.5. The fourth-order valence-electron chi connectivity index (χ4n) is 1.23. The summed E-state index contributed by atoms with van der Waals surface area (Å²) in [5.74, 6) is -0.841. The molecule has 1 N–H and O–H groups in total. The Balaban J connectivity index is 3.02. The number of hydrogen-bond donors (Lipinski definition) is 1. The molecule has 1 aromatic carbocycles. The van der Waals surface area contributed by atoms with Crippen molar-refractivity contribution in [2.24, 2.45) is 0 Å². The van der Waals surface area contributed by atoms with E-state index in [2.05, 4.69) is 10.3 Å². The molecule has 0 amide bonds. The maximum absolute atomic E-state index is 13.3. The van der Waals surface area contributed by atoms with E-state index in [1.165, 1.54) is 26.2 Å². The first-order valence-electron chi connectivity index (χ1n) is 4.30. The SMILES string of the molecule is CONC(C)c1cc(F)c(C)cc1F. The fourth-order valence-corrected chi connectivity index (χ4v) is 1.23. The molecule has 4 heteroatoms. The van der Waals surface area contributed by atoms with Crippen LogP contribution in [0.4, 0.5) is 8.78 Å². The van der Waals surface area contributed by atoms with Crippen LogP contribution in [0, 0.1) is 18.6 Å². The van der Waals surface area contributed by atoms with Crippen molar-refractivity contribution in [3.63, 3.8) is 0 Å². The second-order valence-electron chi connectivity index (χ2n) is 3.17. The van der Waals surface area contributed by atoms with Crippen LogP contribution < -0.4 is 5.48 Å². The van der Waals surface area contributed by atoms with Crippen LogP contribution in [0.25, 0.3) is 0 Å². The van der Waals surface area contributed by atoms with Crippen molar-refractivity contribution >= 4 is 0 Å². The quantitative estimate of drug-likeness (QED) is 0.758. The highest BCUT2D eigenvalue weighted by Gasteiger charge is 2.13. The Hall–Kier alpha value is -1.00. The molecular weight excluding hydrogens is 188 g/mol. The Morgan fingerprint density at radius 1 is 1.29 bits per heavy atom. The van der Waals surface area contributed by atoms with Gasteiger partial charge >= 0.3 is 0 Å². The molecule has 0 aliphatic rings. The highest BCUT2D eigenvalue weighted by atomic mass is 19.1. The molecule has 0 saturated heterocycles. The number of rotatable bonds is 3. The Bertz CT molecular complexity index is 328. The van der Waals surface area contributed by atoms with Gasteiger partial charge in [0.1, 0.15) is 11.6 Å². The normalized spacial score (nSPS) is 12.9. The summed E-state index contributed by atoms with van der Waals surface area (Å²) in [5, 5.41) is 0. The van der Waals surface area contributed by atoms with Gasteiger partial charge in [-0.3, -0.25) is 0 Å². The van der Waals surface area contributed by atoms with Crippen molar-refractivity contribution in [1.82, 2.24) is 5.48 Å². The number of nitrogens with one attached hydrogen (secondary N) is 1. The van der Waals surface area contributed by atoms with Gasteiger partial charge in [-0.1, -0.05) is 0 Å². The summed E-state index contributed by atoms with van der Waals surface area (Å²) in [6, 6.07) is 1.98. The van der Waals surface area contributed by atoms with Crippen LogP contribution >= 0.6 is 0 Å². The van der Waals surface area contributed by atoms with Gasteiger partial charge in [0.15, 0.2) is 0 Å². The molecule has 0 spiro atoms. The van der Waals surface area contributed by atoms with E-state index in [-0.39, 0.29) is 11.6 Å². The van der Waals surface area contributed by atoms with E-state index in [0.29, 0.717) is 5.56 Å². The number of halogens is 2. The largest absolute Gasteiger partial charge is 0.305 e. The fraction of sp³-hybridized carbons (Fsp3) is 0.400. The van der Waals surface area contributed by atoms with Gasteiger partial charge in [-0.2, -0.15) is 5.48 Å². The van der Waals surface area contributed by atoms with E-state index in [0.717, 1.165) is 0 Å². The topological polar surface area (TPSA) is 21.3 Å². The minimum Gasteiger partial charge on any atom is -0.305 e. The van der Waals surface area contributed by atoms with Gasteiger partial charge in [0.25, 0.3) is 0 Å². The standard InChI is InChI=1S/C10H13F2NO/c1-6-4-10(12)8(5-9(6)11)7(2)13-14-3/h4-5,7,13H,1-3H3. The molecule has 0 aliphatic carbocycles. The Labute approximate surface area is 81.8 Å². The van der Waals surface area contributed by atoms with E-state index < -0.39 is 11.6 Å². The number of aryl methyl sites for hydroxylation is 1. The van der Waals surface area contributed by atoms with Gasteiger partial charge in [0.2, 0.25) is 0 Å². The van der Waals surface area contributed by atoms with E-state index >= 15 is 0 Å². The molecule has 0 aliphatic heterocycles. The molecule has 14 heavy (non-hydrogen) atoms. The third-order valence-corrected chi connectivity index (χ3v) is 2.04. The number of hydrogen-bond acceptors (Lipinski definition) is 2. The number of hydroxylamine groups is 1. The van der Waals surface area contributed by atoms with Crippen LogP contribution in [0.15, 0.2) is 12.1 Å². The Kier molecular flexibility index (Phi) is 3.55. The van der Waals surface area contributed by atoms with Crippen LogP contribution in [0.5, 0.6) is 0 Å². The third-order valence-electron chi connectivity index (χ3n) is 2.04. The highest BCUT2D eigenvalue weighted by Crippen LogP contribution is 2.20. The molecule has 1 rings (SSSR count). The molecule has 0 bridgehead atoms. The molecule has 0 heterocycles. The van der Waals surface area contributed by atoms with E-state index in [9.17, 15) is 8.78 Å². The van der Waals surface area contributed by atoms with Gasteiger partial charge in [-0.05, 0) is 31.5 Å². The van der Waals surface area contributed by atoms with Gasteiger partial charge in [-0.25, -0.2) is 8.78 Å². The molecule has 1 atom stereocenters. The molecule has 2 nitrogen and oxygen atoms in total. The summed E-state index contributed by atoms with van der Waals surface area (Å²) in [4.78, 5) is 4.64. The van der Waals surface area contributed by atoms with Crippen LogP contribution in [-0.4, -0.2) is 7.11 Å². The van der Waals surface area contributed by atoms with Crippen LogP contribution in [0.2, 0.25) is 0 Å². The van der Waals surface area contributed by atoms with Crippen molar-refractivity contribution in [2.75, 3.05) is 7.11 Å². The molecule has 1 unspecified atom stereocenters. The van der Waals surface area contributed by atoms with Crippen molar-refractivity contribution < 1.29 is 13.6 Å². The lowest BCUT2D eigenvalue weighted by Gasteiger charge is -2.13. The van der Waals surface area contributed by atoms with Gasteiger partial charge in [-0.15, -0.1) is 0 Å². The Morgan fingerprint density at radius 2 is 1.93 bits per heavy atom. The second-order valence-corrected chi connectivity index (χ2v) is 3.17. The predicted octanol–water partition coefficient (Wildman–Crippen LogP) is 2.49. The first-order valence-corrected chi connectivity index (χ1v) is 4.30. The van der Waals surface area contributed by atoms with Crippen LogP contribution in [0.1, 0.15) is 24.1 Å². The summed E-state index contributed by atoms with van der Waals surface area (Å²) >= 11 is 0.